The van der Waals surface area contributed by atoms with Crippen LogP contribution in [-0.2, 0) is 13.0 Å². The second-order valence-electron chi connectivity index (χ2n) is 7.33. The van der Waals surface area contributed by atoms with Crippen LogP contribution in [0.3, 0.4) is 0 Å². The molecule has 0 saturated heterocycles. The molecule has 0 bridgehead atoms. The Bertz CT molecular complexity index is 949. The van der Waals surface area contributed by atoms with Crippen LogP contribution in [0.1, 0.15) is 59.6 Å². The fourth-order valence-electron chi connectivity index (χ4n) is 3.19. The van der Waals surface area contributed by atoms with Crippen LogP contribution in [-0.4, -0.2) is 32.7 Å². The van der Waals surface area contributed by atoms with Crippen molar-refractivity contribution in [1.29, 1.82) is 0 Å². The SMILES string of the molecule is CCc1nc(C)c(C(C)N(C)C(=O)NC(C)c2cnn(Cc3ccccc3)c2)s1. The second kappa shape index (κ2) is 9.22. The summed E-state index contributed by atoms with van der Waals surface area (Å²) in [5.41, 5.74) is 3.19. The normalized spacial score (nSPS) is 13.1. The number of carbonyl (C=O) groups excluding carboxylic acids is 1. The highest BCUT2D eigenvalue weighted by atomic mass is 32.1. The molecule has 0 fully saturated rings. The van der Waals surface area contributed by atoms with Crippen LogP contribution in [0.4, 0.5) is 4.79 Å². The minimum atomic E-state index is -0.129. The lowest BCUT2D eigenvalue weighted by Crippen LogP contribution is -2.39. The van der Waals surface area contributed by atoms with E-state index in [1.807, 2.05) is 63.1 Å². The minimum Gasteiger partial charge on any atom is -0.331 e. The Morgan fingerprint density at radius 1 is 1.28 bits per heavy atom. The van der Waals surface area contributed by atoms with Gasteiger partial charge in [-0.2, -0.15) is 5.10 Å². The van der Waals surface area contributed by atoms with Crippen molar-refractivity contribution in [3.8, 4) is 0 Å². The zero-order valence-electron chi connectivity index (χ0n) is 17.7. The van der Waals surface area contributed by atoms with E-state index in [9.17, 15) is 4.79 Å². The first-order valence-corrected chi connectivity index (χ1v) is 10.8. The molecule has 6 nitrogen and oxygen atoms in total. The van der Waals surface area contributed by atoms with Gasteiger partial charge in [0.05, 0.1) is 35.5 Å². The molecule has 2 amide bonds. The maximum atomic E-state index is 12.8. The van der Waals surface area contributed by atoms with Crippen molar-refractivity contribution in [2.45, 2.75) is 52.7 Å². The molecule has 2 unspecified atom stereocenters. The molecule has 0 spiro atoms. The van der Waals surface area contributed by atoms with E-state index in [4.69, 9.17) is 0 Å². The van der Waals surface area contributed by atoms with Gasteiger partial charge in [-0.25, -0.2) is 9.78 Å². The monoisotopic (exact) mass is 411 g/mol. The quantitative estimate of drug-likeness (QED) is 0.612. The van der Waals surface area contributed by atoms with Gasteiger partial charge in [0.15, 0.2) is 0 Å². The topological polar surface area (TPSA) is 63.1 Å². The molecule has 2 aromatic heterocycles. The van der Waals surface area contributed by atoms with Gasteiger partial charge in [-0.3, -0.25) is 4.68 Å². The van der Waals surface area contributed by atoms with E-state index in [0.717, 1.165) is 27.6 Å². The van der Waals surface area contributed by atoms with Crippen molar-refractivity contribution >= 4 is 17.4 Å². The number of rotatable bonds is 7. The number of amides is 2. The average Bonchev–Trinajstić information content (AvgIpc) is 3.34. The Labute approximate surface area is 176 Å². The highest BCUT2D eigenvalue weighted by Gasteiger charge is 2.23. The van der Waals surface area contributed by atoms with Crippen molar-refractivity contribution in [1.82, 2.24) is 25.0 Å². The van der Waals surface area contributed by atoms with Crippen molar-refractivity contribution in [2.24, 2.45) is 0 Å². The zero-order chi connectivity index (χ0) is 21.0. The first-order chi connectivity index (χ1) is 13.9. The van der Waals surface area contributed by atoms with E-state index in [0.29, 0.717) is 6.54 Å². The standard InChI is InChI=1S/C22H29N5OS/c1-6-20-24-16(3)21(29-20)17(4)26(5)22(28)25-15(2)19-12-23-27(14-19)13-18-10-8-7-9-11-18/h7-12,14-15,17H,6,13H2,1-5H3,(H,25,28). The summed E-state index contributed by atoms with van der Waals surface area (Å²) in [6.07, 6.45) is 4.72. The Kier molecular flexibility index (Phi) is 6.69. The van der Waals surface area contributed by atoms with E-state index < -0.39 is 0 Å². The predicted molar refractivity (Wildman–Crippen MR) is 117 cm³/mol. The van der Waals surface area contributed by atoms with Crippen LogP contribution in [0.25, 0.3) is 0 Å². The number of benzene rings is 1. The number of hydrogen-bond donors (Lipinski definition) is 1. The molecule has 29 heavy (non-hydrogen) atoms. The molecule has 2 atom stereocenters. The number of nitrogens with zero attached hydrogens (tertiary/aromatic N) is 4. The van der Waals surface area contributed by atoms with Gasteiger partial charge in [-0.05, 0) is 32.8 Å². The van der Waals surface area contributed by atoms with Crippen LogP contribution < -0.4 is 5.32 Å². The second-order valence-corrected chi connectivity index (χ2v) is 8.44. The average molecular weight is 412 g/mol. The molecule has 7 heteroatoms. The van der Waals surface area contributed by atoms with Gasteiger partial charge in [-0.15, -0.1) is 11.3 Å². The van der Waals surface area contributed by atoms with E-state index in [-0.39, 0.29) is 18.1 Å². The summed E-state index contributed by atoms with van der Waals surface area (Å²) in [6.45, 7) is 8.85. The fourth-order valence-corrected chi connectivity index (χ4v) is 4.29. The minimum absolute atomic E-state index is 0.0270. The zero-order valence-corrected chi connectivity index (χ0v) is 18.5. The van der Waals surface area contributed by atoms with Crippen LogP contribution in [0.2, 0.25) is 0 Å². The predicted octanol–water partition coefficient (Wildman–Crippen LogP) is 4.72. The number of carbonyl (C=O) groups is 1. The molecule has 0 radical (unpaired) electrons. The summed E-state index contributed by atoms with van der Waals surface area (Å²) >= 11 is 1.69. The molecule has 0 aliphatic carbocycles. The van der Waals surface area contributed by atoms with Gasteiger partial charge in [0.25, 0.3) is 0 Å². The van der Waals surface area contributed by atoms with Gasteiger partial charge in [0.1, 0.15) is 0 Å². The summed E-state index contributed by atoms with van der Waals surface area (Å²) in [4.78, 5) is 20.3. The van der Waals surface area contributed by atoms with E-state index >= 15 is 0 Å². The molecule has 2 heterocycles. The third-order valence-electron chi connectivity index (χ3n) is 5.14. The summed E-state index contributed by atoms with van der Waals surface area (Å²) in [6, 6.07) is 9.94. The first kappa shape index (κ1) is 21.0. The van der Waals surface area contributed by atoms with Gasteiger partial charge >= 0.3 is 6.03 Å². The lowest BCUT2D eigenvalue weighted by Gasteiger charge is -2.26. The Hall–Kier alpha value is -2.67. The molecule has 1 N–H and O–H groups in total. The largest absolute Gasteiger partial charge is 0.331 e. The maximum Gasteiger partial charge on any atom is 0.318 e. The molecule has 0 saturated carbocycles. The summed E-state index contributed by atoms with van der Waals surface area (Å²) in [5.74, 6) is 0. The molecule has 3 rings (SSSR count). The van der Waals surface area contributed by atoms with Crippen molar-refractivity contribution in [2.75, 3.05) is 7.05 Å². The summed E-state index contributed by atoms with van der Waals surface area (Å²) in [7, 11) is 1.83. The molecule has 154 valence electrons. The molecule has 3 aromatic rings. The third-order valence-corrected chi connectivity index (χ3v) is 6.61. The van der Waals surface area contributed by atoms with Crippen molar-refractivity contribution in [3.63, 3.8) is 0 Å². The molecule has 0 aliphatic rings. The van der Waals surface area contributed by atoms with E-state index in [2.05, 4.69) is 34.5 Å². The van der Waals surface area contributed by atoms with Gasteiger partial charge in [-0.1, -0.05) is 37.3 Å². The maximum absolute atomic E-state index is 12.8. The number of thiazole rings is 1. The molecular weight excluding hydrogens is 382 g/mol. The summed E-state index contributed by atoms with van der Waals surface area (Å²) < 4.78 is 1.90. The lowest BCUT2D eigenvalue weighted by molar-refractivity contribution is 0.191. The number of nitrogens with one attached hydrogen (secondary N) is 1. The van der Waals surface area contributed by atoms with E-state index in [1.165, 1.54) is 5.56 Å². The highest BCUT2D eigenvalue weighted by Crippen LogP contribution is 2.29. The Morgan fingerprint density at radius 3 is 2.66 bits per heavy atom. The van der Waals surface area contributed by atoms with Gasteiger partial charge < -0.3 is 10.2 Å². The van der Waals surface area contributed by atoms with E-state index in [1.54, 1.807) is 16.2 Å². The fraction of sp³-hybridized carbons (Fsp3) is 0.409. The molecular formula is C22H29N5OS. The number of hydrogen-bond acceptors (Lipinski definition) is 4. The van der Waals surface area contributed by atoms with Crippen LogP contribution in [0.5, 0.6) is 0 Å². The Balaban J connectivity index is 1.61. The molecule has 1 aromatic carbocycles. The number of urea groups is 1. The van der Waals surface area contributed by atoms with Gasteiger partial charge in [0, 0.05) is 23.7 Å². The summed E-state index contributed by atoms with van der Waals surface area (Å²) in [5, 5.41) is 8.63. The van der Waals surface area contributed by atoms with Crippen molar-refractivity contribution < 1.29 is 4.79 Å². The highest BCUT2D eigenvalue weighted by molar-refractivity contribution is 7.11. The number of aromatic nitrogens is 3. The van der Waals surface area contributed by atoms with Gasteiger partial charge in [0.2, 0.25) is 0 Å². The van der Waals surface area contributed by atoms with Crippen LogP contribution in [0.15, 0.2) is 42.7 Å². The van der Waals surface area contributed by atoms with Crippen LogP contribution in [0, 0.1) is 6.92 Å². The Morgan fingerprint density at radius 2 is 2.00 bits per heavy atom. The van der Waals surface area contributed by atoms with Crippen molar-refractivity contribution in [3.05, 3.63) is 69.4 Å². The smallest absolute Gasteiger partial charge is 0.318 e. The lowest BCUT2D eigenvalue weighted by atomic mass is 10.2. The van der Waals surface area contributed by atoms with Crippen LogP contribution >= 0.6 is 11.3 Å². The first-order valence-electron chi connectivity index (χ1n) is 9.94. The number of aryl methyl sites for hydroxylation is 2. The third kappa shape index (κ3) is 5.03. The molecule has 0 aliphatic heterocycles.